The first-order chi connectivity index (χ1) is 12.0. The molecule has 1 aromatic carbocycles. The normalized spacial score (nSPS) is 11.8. The summed E-state index contributed by atoms with van der Waals surface area (Å²) in [5, 5.41) is 18.7. The first kappa shape index (κ1) is 15.7. The molecule has 0 radical (unpaired) electrons. The van der Waals surface area contributed by atoms with Crippen LogP contribution in [0.1, 0.15) is 19.5 Å². The maximum absolute atomic E-state index is 9.26. The van der Waals surface area contributed by atoms with Gasteiger partial charge < -0.3 is 0 Å². The summed E-state index contributed by atoms with van der Waals surface area (Å²) >= 11 is 3.51. The van der Waals surface area contributed by atoms with Crippen LogP contribution >= 0.6 is 15.9 Å². The highest BCUT2D eigenvalue weighted by Crippen LogP contribution is 2.27. The zero-order valence-electron chi connectivity index (χ0n) is 13.6. The predicted octanol–water partition coefficient (Wildman–Crippen LogP) is 3.93. The molecule has 0 amide bonds. The van der Waals surface area contributed by atoms with E-state index in [0.29, 0.717) is 5.52 Å². The number of rotatable bonds is 2. The molecule has 6 nitrogen and oxygen atoms in total. The molecule has 0 spiro atoms. The van der Waals surface area contributed by atoms with Crippen LogP contribution in [-0.2, 0) is 5.41 Å². The molecule has 3 heterocycles. The number of pyridine rings is 2. The van der Waals surface area contributed by atoms with Crippen LogP contribution in [-0.4, -0.2) is 25.0 Å². The largest absolute Gasteiger partial charge is 0.257 e. The Morgan fingerprint density at radius 2 is 1.92 bits per heavy atom. The van der Waals surface area contributed by atoms with Gasteiger partial charge in [0.15, 0.2) is 0 Å². The molecular weight excluding hydrogens is 380 g/mol. The van der Waals surface area contributed by atoms with Crippen LogP contribution in [0.15, 0.2) is 47.2 Å². The van der Waals surface area contributed by atoms with Crippen molar-refractivity contribution in [1.82, 2.24) is 25.0 Å². The minimum Gasteiger partial charge on any atom is -0.257 e. The summed E-state index contributed by atoms with van der Waals surface area (Å²) in [7, 11) is 0. The molecule has 4 rings (SSSR count). The first-order valence-corrected chi connectivity index (χ1v) is 8.47. The van der Waals surface area contributed by atoms with E-state index in [9.17, 15) is 5.26 Å². The number of aromatic nitrogens is 5. The third kappa shape index (κ3) is 2.55. The van der Waals surface area contributed by atoms with Crippen molar-refractivity contribution in [3.05, 3.63) is 52.9 Å². The number of halogens is 1. The lowest BCUT2D eigenvalue weighted by atomic mass is 9.91. The van der Waals surface area contributed by atoms with E-state index < -0.39 is 5.41 Å². The Morgan fingerprint density at radius 3 is 2.64 bits per heavy atom. The predicted molar refractivity (Wildman–Crippen MR) is 98.3 cm³/mol. The van der Waals surface area contributed by atoms with Crippen molar-refractivity contribution in [3.8, 4) is 11.8 Å². The molecule has 0 saturated heterocycles. The minimum absolute atomic E-state index is 0.634. The molecule has 4 aromatic rings. The summed E-state index contributed by atoms with van der Waals surface area (Å²) in [6.45, 7) is 3.69. The van der Waals surface area contributed by atoms with E-state index in [0.717, 1.165) is 32.3 Å². The summed E-state index contributed by atoms with van der Waals surface area (Å²) in [4.78, 5) is 8.87. The van der Waals surface area contributed by atoms with Crippen LogP contribution in [0.3, 0.4) is 0 Å². The first-order valence-electron chi connectivity index (χ1n) is 7.67. The highest BCUT2D eigenvalue weighted by atomic mass is 79.9. The lowest BCUT2D eigenvalue weighted by molar-refractivity contribution is 0.658. The quantitative estimate of drug-likeness (QED) is 0.516. The molecule has 3 aromatic heterocycles. The Hall–Kier alpha value is -2.85. The monoisotopic (exact) mass is 392 g/mol. The fourth-order valence-corrected chi connectivity index (χ4v) is 3.05. The summed E-state index contributed by atoms with van der Waals surface area (Å²) in [5.74, 6) is 0. The summed E-state index contributed by atoms with van der Waals surface area (Å²) < 4.78 is 2.72. The van der Waals surface area contributed by atoms with E-state index in [2.05, 4.69) is 42.3 Å². The fourth-order valence-electron chi connectivity index (χ4n) is 2.69. The lowest BCUT2D eigenvalue weighted by Gasteiger charge is -2.14. The molecule has 0 bridgehead atoms. The molecule has 0 fully saturated rings. The molecule has 0 aliphatic rings. The van der Waals surface area contributed by atoms with E-state index in [-0.39, 0.29) is 0 Å². The molecule has 0 aliphatic carbocycles. The molecule has 0 aliphatic heterocycles. The highest BCUT2D eigenvalue weighted by Gasteiger charge is 2.21. The smallest absolute Gasteiger partial charge is 0.132 e. The lowest BCUT2D eigenvalue weighted by Crippen LogP contribution is -2.16. The van der Waals surface area contributed by atoms with Gasteiger partial charge in [-0.05, 0) is 44.2 Å². The fraction of sp³-hybridized carbons (Fsp3) is 0.167. The van der Waals surface area contributed by atoms with Crippen molar-refractivity contribution in [2.45, 2.75) is 19.3 Å². The average molecular weight is 393 g/mol. The van der Waals surface area contributed by atoms with E-state index in [1.165, 1.54) is 0 Å². The van der Waals surface area contributed by atoms with Gasteiger partial charge in [0.25, 0.3) is 0 Å². The highest BCUT2D eigenvalue weighted by molar-refractivity contribution is 9.10. The standard InChI is InChI=1S/C18H13BrN6/c1-18(2,10-20)16-6-4-12(8-22-16)25-17-13-7-11(19)3-5-14(13)21-9-15(17)23-24-25/h3-9H,1-2H3. The zero-order valence-corrected chi connectivity index (χ0v) is 15.2. The summed E-state index contributed by atoms with van der Waals surface area (Å²) in [6, 6.07) is 11.9. The van der Waals surface area contributed by atoms with Gasteiger partial charge in [0.2, 0.25) is 0 Å². The molecule has 122 valence electrons. The van der Waals surface area contributed by atoms with E-state index in [1.54, 1.807) is 17.1 Å². The number of fused-ring (bicyclic) bond motifs is 3. The molecule has 0 unspecified atom stereocenters. The topological polar surface area (TPSA) is 80.3 Å². The second kappa shape index (κ2) is 5.60. The number of nitrogens with zero attached hydrogens (tertiary/aromatic N) is 6. The second-order valence-corrected chi connectivity index (χ2v) is 7.21. The molecule has 0 N–H and O–H groups in total. The van der Waals surface area contributed by atoms with Crippen molar-refractivity contribution >= 4 is 37.9 Å². The van der Waals surface area contributed by atoms with E-state index in [4.69, 9.17) is 0 Å². The van der Waals surface area contributed by atoms with E-state index >= 15 is 0 Å². The van der Waals surface area contributed by atoms with Crippen LogP contribution in [0, 0.1) is 11.3 Å². The minimum atomic E-state index is -0.634. The van der Waals surface area contributed by atoms with Gasteiger partial charge in [0.1, 0.15) is 11.0 Å². The van der Waals surface area contributed by atoms with Crippen molar-refractivity contribution < 1.29 is 0 Å². The van der Waals surface area contributed by atoms with Gasteiger partial charge in [-0.25, -0.2) is 4.68 Å². The van der Waals surface area contributed by atoms with Crippen LogP contribution in [0.25, 0.3) is 27.6 Å². The maximum Gasteiger partial charge on any atom is 0.132 e. The Kier molecular flexibility index (Phi) is 3.51. The van der Waals surface area contributed by atoms with Gasteiger partial charge in [0, 0.05) is 9.86 Å². The number of hydrogen-bond donors (Lipinski definition) is 0. The number of nitriles is 1. The molecule has 0 atom stereocenters. The third-order valence-electron chi connectivity index (χ3n) is 4.15. The molecule has 7 heteroatoms. The van der Waals surface area contributed by atoms with Crippen molar-refractivity contribution in [2.75, 3.05) is 0 Å². The summed E-state index contributed by atoms with van der Waals surface area (Å²) in [5.41, 5.74) is 3.33. The molecular formula is C18H13BrN6. The van der Waals surface area contributed by atoms with Crippen LogP contribution in [0.4, 0.5) is 0 Å². The molecule has 0 saturated carbocycles. The Bertz CT molecular complexity index is 1140. The zero-order chi connectivity index (χ0) is 17.6. The molecule has 25 heavy (non-hydrogen) atoms. The van der Waals surface area contributed by atoms with Crippen molar-refractivity contribution in [3.63, 3.8) is 0 Å². The van der Waals surface area contributed by atoms with Crippen molar-refractivity contribution in [1.29, 1.82) is 5.26 Å². The van der Waals surface area contributed by atoms with Gasteiger partial charge in [-0.1, -0.05) is 21.1 Å². The SMILES string of the molecule is CC(C)(C#N)c1ccc(-n2nnc3cnc4ccc(Br)cc4c32)cn1. The van der Waals surface area contributed by atoms with E-state index in [1.807, 2.05) is 44.2 Å². The van der Waals surface area contributed by atoms with Gasteiger partial charge >= 0.3 is 0 Å². The third-order valence-corrected chi connectivity index (χ3v) is 4.64. The van der Waals surface area contributed by atoms with Gasteiger partial charge in [-0.3, -0.25) is 9.97 Å². The van der Waals surface area contributed by atoms with Crippen LogP contribution < -0.4 is 0 Å². The number of hydrogen-bond acceptors (Lipinski definition) is 5. The Labute approximate surface area is 152 Å². The Morgan fingerprint density at radius 1 is 1.08 bits per heavy atom. The van der Waals surface area contributed by atoms with Crippen LogP contribution in [0.5, 0.6) is 0 Å². The average Bonchev–Trinajstić information content (AvgIpc) is 3.06. The van der Waals surface area contributed by atoms with Gasteiger partial charge in [0.05, 0.1) is 40.8 Å². The second-order valence-electron chi connectivity index (χ2n) is 6.29. The van der Waals surface area contributed by atoms with Crippen LogP contribution in [0.2, 0.25) is 0 Å². The number of benzene rings is 1. The van der Waals surface area contributed by atoms with Gasteiger partial charge in [-0.2, -0.15) is 5.26 Å². The van der Waals surface area contributed by atoms with Gasteiger partial charge in [-0.15, -0.1) is 5.10 Å². The summed E-state index contributed by atoms with van der Waals surface area (Å²) in [6.07, 6.45) is 3.43. The maximum atomic E-state index is 9.26. The van der Waals surface area contributed by atoms with Crippen molar-refractivity contribution in [2.24, 2.45) is 0 Å². The Balaban J connectivity index is 1.93.